The second-order valence-electron chi connectivity index (χ2n) is 6.32. The fourth-order valence-electron chi connectivity index (χ4n) is 3.23. The molecule has 3 rings (SSSR count). The summed E-state index contributed by atoms with van der Waals surface area (Å²) in [6.45, 7) is 4.28. The zero-order chi connectivity index (χ0) is 15.6. The van der Waals surface area contributed by atoms with E-state index in [9.17, 15) is 4.79 Å². The quantitative estimate of drug-likeness (QED) is 0.893. The van der Waals surface area contributed by atoms with Crippen LogP contribution in [0.4, 0.5) is 0 Å². The minimum atomic E-state index is -0.781. The van der Waals surface area contributed by atoms with Crippen molar-refractivity contribution in [1.82, 2.24) is 4.90 Å². The lowest BCUT2D eigenvalue weighted by molar-refractivity contribution is -0.153. The van der Waals surface area contributed by atoms with Crippen LogP contribution >= 0.6 is 12.4 Å². The molecule has 0 aromatic heterocycles. The van der Waals surface area contributed by atoms with Crippen LogP contribution in [0.5, 0.6) is 0 Å². The molecule has 2 heterocycles. The summed E-state index contributed by atoms with van der Waals surface area (Å²) in [6, 6.07) is 10.0. The molecule has 1 aromatic rings. The van der Waals surface area contributed by atoms with E-state index in [1.807, 2.05) is 42.2 Å². The van der Waals surface area contributed by atoms with Gasteiger partial charge in [0.15, 0.2) is 0 Å². The van der Waals surface area contributed by atoms with E-state index in [0.29, 0.717) is 39.1 Å². The second-order valence-corrected chi connectivity index (χ2v) is 6.32. The largest absolute Gasteiger partial charge is 0.381 e. The van der Waals surface area contributed by atoms with Crippen molar-refractivity contribution in [3.63, 3.8) is 0 Å². The van der Waals surface area contributed by atoms with E-state index in [0.717, 1.165) is 5.56 Å². The average Bonchev–Trinajstić information content (AvgIpc) is 2.55. The molecule has 2 N–H and O–H groups in total. The molecule has 2 fully saturated rings. The van der Waals surface area contributed by atoms with Crippen LogP contribution in [0, 0.1) is 0 Å². The SMILES string of the molecule is CC1CN(C(=O)C2(N)CCOCC2)CC(c2ccccc2)O1.Cl. The highest BCUT2D eigenvalue weighted by Crippen LogP contribution is 2.28. The zero-order valence-electron chi connectivity index (χ0n) is 13.4. The summed E-state index contributed by atoms with van der Waals surface area (Å²) in [4.78, 5) is 14.8. The number of benzene rings is 1. The van der Waals surface area contributed by atoms with Gasteiger partial charge in [0.25, 0.3) is 0 Å². The lowest BCUT2D eigenvalue weighted by Crippen LogP contribution is -2.60. The summed E-state index contributed by atoms with van der Waals surface area (Å²) in [6.07, 6.45) is 1.10. The maximum Gasteiger partial charge on any atom is 0.243 e. The molecule has 1 amide bonds. The molecule has 0 spiro atoms. The maximum absolute atomic E-state index is 12.9. The van der Waals surface area contributed by atoms with Gasteiger partial charge in [0.05, 0.1) is 18.2 Å². The highest BCUT2D eigenvalue weighted by atomic mass is 35.5. The Labute approximate surface area is 143 Å². The Morgan fingerprint density at radius 1 is 1.22 bits per heavy atom. The fourth-order valence-corrected chi connectivity index (χ4v) is 3.23. The third kappa shape index (κ3) is 4.04. The zero-order valence-corrected chi connectivity index (χ0v) is 14.3. The predicted molar refractivity (Wildman–Crippen MR) is 90.5 cm³/mol. The standard InChI is InChI=1S/C17H24N2O3.ClH/c1-13-11-19(16(20)17(18)7-9-21-10-8-17)12-15(22-13)14-5-3-2-4-6-14;/h2-6,13,15H,7-12,18H2,1H3;1H. The highest BCUT2D eigenvalue weighted by Gasteiger charge is 2.41. The van der Waals surface area contributed by atoms with E-state index in [1.165, 1.54) is 0 Å². The van der Waals surface area contributed by atoms with Crippen molar-refractivity contribution in [2.45, 2.75) is 37.5 Å². The molecule has 5 nitrogen and oxygen atoms in total. The van der Waals surface area contributed by atoms with Gasteiger partial charge in [0, 0.05) is 19.8 Å². The fraction of sp³-hybridized carbons (Fsp3) is 0.588. The highest BCUT2D eigenvalue weighted by molar-refractivity contribution is 5.86. The van der Waals surface area contributed by atoms with Gasteiger partial charge >= 0.3 is 0 Å². The number of carbonyl (C=O) groups excluding carboxylic acids is 1. The molecule has 2 aliphatic heterocycles. The second kappa shape index (κ2) is 7.62. The smallest absolute Gasteiger partial charge is 0.243 e. The van der Waals surface area contributed by atoms with Gasteiger partial charge in [-0.05, 0) is 25.3 Å². The van der Waals surface area contributed by atoms with Gasteiger partial charge < -0.3 is 20.1 Å². The topological polar surface area (TPSA) is 64.8 Å². The number of morpholine rings is 1. The number of amides is 1. The first kappa shape index (κ1) is 18.2. The first-order valence-electron chi connectivity index (χ1n) is 7.95. The molecular formula is C17H25ClN2O3. The summed E-state index contributed by atoms with van der Waals surface area (Å²) in [5, 5.41) is 0. The average molecular weight is 341 g/mol. The van der Waals surface area contributed by atoms with Gasteiger partial charge in [-0.25, -0.2) is 0 Å². The van der Waals surface area contributed by atoms with Crippen LogP contribution in [0.3, 0.4) is 0 Å². The summed E-state index contributed by atoms with van der Waals surface area (Å²) in [7, 11) is 0. The van der Waals surface area contributed by atoms with Gasteiger partial charge in [-0.2, -0.15) is 0 Å². The van der Waals surface area contributed by atoms with Crippen molar-refractivity contribution in [2.75, 3.05) is 26.3 Å². The Morgan fingerprint density at radius 3 is 2.52 bits per heavy atom. The van der Waals surface area contributed by atoms with Crippen molar-refractivity contribution >= 4 is 18.3 Å². The predicted octanol–water partition coefficient (Wildman–Crippen LogP) is 1.90. The first-order valence-corrected chi connectivity index (χ1v) is 7.95. The molecule has 23 heavy (non-hydrogen) atoms. The third-order valence-electron chi connectivity index (χ3n) is 4.53. The summed E-state index contributed by atoms with van der Waals surface area (Å²) >= 11 is 0. The number of hydrogen-bond donors (Lipinski definition) is 1. The third-order valence-corrected chi connectivity index (χ3v) is 4.53. The number of nitrogens with two attached hydrogens (primary N) is 1. The molecule has 128 valence electrons. The molecule has 2 unspecified atom stereocenters. The van der Waals surface area contributed by atoms with Crippen LogP contribution in [-0.2, 0) is 14.3 Å². The van der Waals surface area contributed by atoms with Crippen molar-refractivity contribution in [2.24, 2.45) is 5.73 Å². The minimum absolute atomic E-state index is 0. The van der Waals surface area contributed by atoms with Crippen LogP contribution in [0.2, 0.25) is 0 Å². The molecule has 0 saturated carbocycles. The molecule has 0 aliphatic carbocycles. The van der Waals surface area contributed by atoms with E-state index in [1.54, 1.807) is 0 Å². The first-order chi connectivity index (χ1) is 10.6. The lowest BCUT2D eigenvalue weighted by Gasteiger charge is -2.42. The summed E-state index contributed by atoms with van der Waals surface area (Å²) in [5.74, 6) is 0.0341. The van der Waals surface area contributed by atoms with Crippen molar-refractivity contribution in [1.29, 1.82) is 0 Å². The van der Waals surface area contributed by atoms with Crippen LogP contribution < -0.4 is 5.73 Å². The van der Waals surface area contributed by atoms with Crippen molar-refractivity contribution < 1.29 is 14.3 Å². The molecule has 1 aromatic carbocycles. The number of hydrogen-bond acceptors (Lipinski definition) is 4. The van der Waals surface area contributed by atoms with Gasteiger partial charge in [-0.15, -0.1) is 12.4 Å². The number of halogens is 1. The minimum Gasteiger partial charge on any atom is -0.381 e. The monoisotopic (exact) mass is 340 g/mol. The van der Waals surface area contributed by atoms with Crippen LogP contribution in [0.15, 0.2) is 30.3 Å². The van der Waals surface area contributed by atoms with Crippen molar-refractivity contribution in [3.8, 4) is 0 Å². The van der Waals surface area contributed by atoms with Gasteiger partial charge in [-0.1, -0.05) is 30.3 Å². The van der Waals surface area contributed by atoms with Crippen LogP contribution in [-0.4, -0.2) is 48.8 Å². The maximum atomic E-state index is 12.9. The van der Waals surface area contributed by atoms with E-state index in [2.05, 4.69) is 0 Å². The van der Waals surface area contributed by atoms with Gasteiger partial charge in [0.2, 0.25) is 5.91 Å². The van der Waals surface area contributed by atoms with Crippen LogP contribution in [0.1, 0.15) is 31.4 Å². The van der Waals surface area contributed by atoms with Gasteiger partial charge in [-0.3, -0.25) is 4.79 Å². The van der Waals surface area contributed by atoms with Crippen molar-refractivity contribution in [3.05, 3.63) is 35.9 Å². The Morgan fingerprint density at radius 2 is 1.87 bits per heavy atom. The van der Waals surface area contributed by atoms with Crippen LogP contribution in [0.25, 0.3) is 0 Å². The number of carbonyl (C=O) groups is 1. The molecular weight excluding hydrogens is 316 g/mol. The normalized spacial score (nSPS) is 27.1. The molecule has 0 bridgehead atoms. The van der Waals surface area contributed by atoms with Gasteiger partial charge in [0.1, 0.15) is 6.10 Å². The number of nitrogens with zero attached hydrogens (tertiary/aromatic N) is 1. The Hall–Kier alpha value is -1.14. The number of rotatable bonds is 2. The Balaban J connectivity index is 0.00000192. The summed E-state index contributed by atoms with van der Waals surface area (Å²) < 4.78 is 11.4. The molecule has 2 atom stereocenters. The van der Waals surface area contributed by atoms with E-state index in [4.69, 9.17) is 15.2 Å². The lowest BCUT2D eigenvalue weighted by atomic mass is 9.89. The number of ether oxygens (including phenoxy) is 2. The van der Waals surface area contributed by atoms with E-state index >= 15 is 0 Å². The van der Waals surface area contributed by atoms with E-state index < -0.39 is 5.54 Å². The molecule has 0 radical (unpaired) electrons. The molecule has 2 aliphatic rings. The van der Waals surface area contributed by atoms with E-state index in [-0.39, 0.29) is 30.5 Å². The summed E-state index contributed by atoms with van der Waals surface area (Å²) in [5.41, 5.74) is 6.67. The Kier molecular flexibility index (Phi) is 6.03. The molecule has 2 saturated heterocycles. The molecule has 6 heteroatoms. The Bertz CT molecular complexity index is 520.